The summed E-state index contributed by atoms with van der Waals surface area (Å²) in [6.07, 6.45) is 3.64. The maximum atomic E-state index is 12.3. The molecule has 2 fully saturated rings. The number of thioether (sulfide) groups is 1. The normalized spacial score (nSPS) is 21.9. The maximum absolute atomic E-state index is 12.3. The third-order valence-corrected chi connectivity index (χ3v) is 4.80. The Labute approximate surface area is 110 Å². The van der Waals surface area contributed by atoms with Crippen molar-refractivity contribution in [3.05, 3.63) is 29.8 Å². The van der Waals surface area contributed by atoms with Crippen molar-refractivity contribution in [2.75, 3.05) is 13.1 Å². The predicted octanol–water partition coefficient (Wildman–Crippen LogP) is 3.54. The van der Waals surface area contributed by atoms with Gasteiger partial charge in [-0.1, -0.05) is 23.9 Å². The van der Waals surface area contributed by atoms with Crippen LogP contribution in [0.4, 0.5) is 8.78 Å². The first-order chi connectivity index (χ1) is 8.65. The van der Waals surface area contributed by atoms with Crippen LogP contribution in [0.2, 0.25) is 0 Å². The van der Waals surface area contributed by atoms with Gasteiger partial charge in [0.05, 0.1) is 0 Å². The molecule has 0 atom stereocenters. The topological polar surface area (TPSA) is 12.0 Å². The van der Waals surface area contributed by atoms with Crippen molar-refractivity contribution < 1.29 is 8.78 Å². The van der Waals surface area contributed by atoms with E-state index < -0.39 is 5.76 Å². The standard InChI is InChI=1S/C14H17F2NS/c15-13(16)18-12-3-1-2-10(5-12)4-11-6-14(7-11)8-17-9-14/h1-3,5,11,13,17H,4,6-9H2. The fourth-order valence-corrected chi connectivity index (χ4v) is 3.84. The molecule has 1 N–H and O–H groups in total. The number of benzene rings is 1. The van der Waals surface area contributed by atoms with Crippen LogP contribution in [0, 0.1) is 11.3 Å². The molecule has 1 heterocycles. The monoisotopic (exact) mass is 269 g/mol. The summed E-state index contributed by atoms with van der Waals surface area (Å²) in [5, 5.41) is 3.33. The van der Waals surface area contributed by atoms with Crippen LogP contribution in [0.15, 0.2) is 29.2 Å². The van der Waals surface area contributed by atoms with E-state index in [2.05, 4.69) is 11.4 Å². The fourth-order valence-electron chi connectivity index (χ4n) is 3.26. The number of alkyl halides is 2. The summed E-state index contributed by atoms with van der Waals surface area (Å²) in [6, 6.07) is 7.62. The molecule has 4 heteroatoms. The first-order valence-electron chi connectivity index (χ1n) is 6.40. The van der Waals surface area contributed by atoms with E-state index in [0.29, 0.717) is 22.1 Å². The van der Waals surface area contributed by atoms with Crippen LogP contribution in [-0.4, -0.2) is 18.8 Å². The molecular weight excluding hydrogens is 252 g/mol. The number of hydrogen-bond donors (Lipinski definition) is 1. The summed E-state index contributed by atoms with van der Waals surface area (Å²) in [4.78, 5) is 0.682. The predicted molar refractivity (Wildman–Crippen MR) is 70.0 cm³/mol. The molecule has 0 radical (unpaired) electrons. The number of halogens is 2. The summed E-state index contributed by atoms with van der Waals surface area (Å²) >= 11 is 0.637. The second kappa shape index (κ2) is 4.82. The van der Waals surface area contributed by atoms with E-state index in [-0.39, 0.29) is 0 Å². The fraction of sp³-hybridized carbons (Fsp3) is 0.571. The van der Waals surface area contributed by atoms with Gasteiger partial charge in [-0.15, -0.1) is 0 Å². The molecule has 1 aliphatic heterocycles. The Balaban J connectivity index is 1.56. The lowest BCUT2D eigenvalue weighted by atomic mass is 9.57. The molecule has 18 heavy (non-hydrogen) atoms. The van der Waals surface area contributed by atoms with Gasteiger partial charge in [-0.25, -0.2) is 0 Å². The maximum Gasteiger partial charge on any atom is 0.288 e. The van der Waals surface area contributed by atoms with E-state index in [1.807, 2.05) is 12.1 Å². The number of hydrogen-bond acceptors (Lipinski definition) is 2. The van der Waals surface area contributed by atoms with Gasteiger partial charge in [0.15, 0.2) is 0 Å². The van der Waals surface area contributed by atoms with E-state index in [9.17, 15) is 8.78 Å². The first-order valence-corrected chi connectivity index (χ1v) is 7.28. The van der Waals surface area contributed by atoms with Gasteiger partial charge in [0.1, 0.15) is 0 Å². The first kappa shape index (κ1) is 12.4. The third kappa shape index (κ3) is 2.54. The van der Waals surface area contributed by atoms with Gasteiger partial charge >= 0.3 is 0 Å². The van der Waals surface area contributed by atoms with Crippen molar-refractivity contribution in [3.63, 3.8) is 0 Å². The van der Waals surface area contributed by atoms with Crippen LogP contribution in [0.5, 0.6) is 0 Å². The summed E-state index contributed by atoms with van der Waals surface area (Å²) in [7, 11) is 0. The van der Waals surface area contributed by atoms with Gasteiger partial charge in [0, 0.05) is 18.0 Å². The van der Waals surface area contributed by atoms with Crippen molar-refractivity contribution in [1.29, 1.82) is 0 Å². The highest BCUT2D eigenvalue weighted by atomic mass is 32.2. The van der Waals surface area contributed by atoms with Crippen molar-refractivity contribution in [2.45, 2.75) is 29.9 Å². The van der Waals surface area contributed by atoms with Crippen LogP contribution >= 0.6 is 11.8 Å². The summed E-state index contributed by atoms with van der Waals surface area (Å²) in [5.74, 6) is -1.58. The minimum Gasteiger partial charge on any atom is -0.316 e. The molecule has 1 saturated heterocycles. The number of rotatable bonds is 4. The highest BCUT2D eigenvalue weighted by Crippen LogP contribution is 2.49. The Hall–Kier alpha value is -0.610. The zero-order valence-electron chi connectivity index (χ0n) is 10.2. The van der Waals surface area contributed by atoms with Crippen LogP contribution in [-0.2, 0) is 6.42 Å². The minimum atomic E-state index is -2.33. The van der Waals surface area contributed by atoms with Crippen molar-refractivity contribution in [1.82, 2.24) is 5.32 Å². The molecule has 0 unspecified atom stereocenters. The Morgan fingerprint density at radius 3 is 2.72 bits per heavy atom. The molecule has 0 amide bonds. The highest BCUT2D eigenvalue weighted by Gasteiger charge is 2.47. The molecule has 1 aliphatic carbocycles. The van der Waals surface area contributed by atoms with Crippen molar-refractivity contribution >= 4 is 11.8 Å². The Kier molecular flexibility index (Phi) is 3.32. The molecule has 1 aromatic rings. The molecule has 0 bridgehead atoms. The summed E-state index contributed by atoms with van der Waals surface area (Å²) in [5.41, 5.74) is 1.80. The van der Waals surface area contributed by atoms with Gasteiger partial charge in [-0.2, -0.15) is 8.78 Å². The minimum absolute atomic E-state index is 0.597. The lowest BCUT2D eigenvalue weighted by molar-refractivity contribution is 0.000875. The van der Waals surface area contributed by atoms with Crippen LogP contribution in [0.3, 0.4) is 0 Å². The van der Waals surface area contributed by atoms with E-state index in [4.69, 9.17) is 0 Å². The summed E-state index contributed by atoms with van der Waals surface area (Å²) in [6.45, 7) is 2.34. The Bertz CT molecular complexity index is 424. The number of nitrogens with one attached hydrogen (secondary N) is 1. The molecule has 3 rings (SSSR count). The molecule has 1 nitrogen and oxygen atoms in total. The molecule has 1 saturated carbocycles. The van der Waals surface area contributed by atoms with Gasteiger partial charge in [-0.05, 0) is 48.3 Å². The molecule has 98 valence electrons. The van der Waals surface area contributed by atoms with Gasteiger partial charge in [-0.3, -0.25) is 0 Å². The molecule has 1 aromatic carbocycles. The van der Waals surface area contributed by atoms with E-state index in [1.54, 1.807) is 6.07 Å². The Morgan fingerprint density at radius 2 is 2.11 bits per heavy atom. The molecule has 1 spiro atoms. The van der Waals surface area contributed by atoms with E-state index in [0.717, 1.165) is 12.3 Å². The second-order valence-corrected chi connectivity index (χ2v) is 6.67. The third-order valence-electron chi connectivity index (χ3n) is 4.09. The zero-order chi connectivity index (χ0) is 12.6. The van der Waals surface area contributed by atoms with Crippen LogP contribution in [0.1, 0.15) is 18.4 Å². The SMILES string of the molecule is FC(F)Sc1cccc(CC2CC3(CNC3)C2)c1. The lowest BCUT2D eigenvalue weighted by Gasteiger charge is -2.54. The molecular formula is C14H17F2NS. The average molecular weight is 269 g/mol. The molecule has 0 aromatic heterocycles. The van der Waals surface area contributed by atoms with Crippen LogP contribution in [0.25, 0.3) is 0 Å². The van der Waals surface area contributed by atoms with Gasteiger partial charge in [0.25, 0.3) is 5.76 Å². The van der Waals surface area contributed by atoms with E-state index >= 15 is 0 Å². The summed E-state index contributed by atoms with van der Waals surface area (Å²) < 4.78 is 24.6. The molecule has 2 aliphatic rings. The smallest absolute Gasteiger partial charge is 0.288 e. The Morgan fingerprint density at radius 1 is 1.33 bits per heavy atom. The zero-order valence-corrected chi connectivity index (χ0v) is 11.0. The largest absolute Gasteiger partial charge is 0.316 e. The average Bonchev–Trinajstić information content (AvgIpc) is 2.19. The van der Waals surface area contributed by atoms with Crippen LogP contribution < -0.4 is 5.32 Å². The quantitative estimate of drug-likeness (QED) is 0.839. The highest BCUT2D eigenvalue weighted by molar-refractivity contribution is 7.99. The van der Waals surface area contributed by atoms with Gasteiger partial charge in [0.2, 0.25) is 0 Å². The second-order valence-electron chi connectivity index (χ2n) is 5.61. The van der Waals surface area contributed by atoms with Gasteiger partial charge < -0.3 is 5.32 Å². The van der Waals surface area contributed by atoms with E-state index in [1.165, 1.54) is 31.5 Å². The van der Waals surface area contributed by atoms with Crippen molar-refractivity contribution in [2.24, 2.45) is 11.3 Å². The van der Waals surface area contributed by atoms with Crippen molar-refractivity contribution in [3.8, 4) is 0 Å². The lowest BCUT2D eigenvalue weighted by Crippen LogP contribution is -2.60.